The van der Waals surface area contributed by atoms with E-state index in [1.807, 2.05) is 17.0 Å². The smallest absolute Gasteiger partial charge is 0.310 e. The number of nitrogen functional groups attached to an aromatic ring is 1. The fourth-order valence-corrected chi connectivity index (χ4v) is 3.41. The molecule has 0 aromatic heterocycles. The van der Waals surface area contributed by atoms with Gasteiger partial charge in [-0.3, -0.25) is 15.0 Å². The molecule has 0 spiro atoms. The number of amidine groups is 1. The molecule has 0 amide bonds. The number of hydrogen-bond acceptors (Lipinski definition) is 8. The van der Waals surface area contributed by atoms with E-state index < -0.39 is 11.9 Å². The van der Waals surface area contributed by atoms with Crippen molar-refractivity contribution >= 4 is 23.5 Å². The SMILES string of the molecule is COC(=O)Cc1cccc(CC(=O)OC)c1OCC1CN(c2ccc(C(=N)N)cc2)CO1. The molecule has 1 heterocycles. The van der Waals surface area contributed by atoms with Crippen molar-refractivity contribution < 1.29 is 28.5 Å². The third kappa shape index (κ3) is 5.76. The summed E-state index contributed by atoms with van der Waals surface area (Å²) in [4.78, 5) is 25.7. The molecule has 1 fully saturated rings. The van der Waals surface area contributed by atoms with Crippen LogP contribution in [-0.4, -0.2) is 58.0 Å². The fourth-order valence-electron chi connectivity index (χ4n) is 3.41. The first-order valence-corrected chi connectivity index (χ1v) is 10.1. The zero-order valence-electron chi connectivity index (χ0n) is 18.1. The second kappa shape index (κ2) is 10.6. The van der Waals surface area contributed by atoms with E-state index >= 15 is 0 Å². The summed E-state index contributed by atoms with van der Waals surface area (Å²) in [5.74, 6) is -0.310. The van der Waals surface area contributed by atoms with E-state index in [1.165, 1.54) is 14.2 Å². The maximum absolute atomic E-state index is 11.8. The number of para-hydroxylation sites is 1. The van der Waals surface area contributed by atoms with Gasteiger partial charge in [0.2, 0.25) is 0 Å². The van der Waals surface area contributed by atoms with Crippen LogP contribution in [0.15, 0.2) is 42.5 Å². The predicted octanol–water partition coefficient (Wildman–Crippen LogP) is 1.64. The minimum atomic E-state index is -0.401. The van der Waals surface area contributed by atoms with Crippen molar-refractivity contribution in [2.75, 3.05) is 39.0 Å². The Balaban J connectivity index is 1.69. The molecule has 32 heavy (non-hydrogen) atoms. The number of benzene rings is 2. The molecule has 9 nitrogen and oxygen atoms in total. The second-order valence-electron chi connectivity index (χ2n) is 7.32. The van der Waals surface area contributed by atoms with E-state index in [0.717, 1.165) is 5.69 Å². The first-order chi connectivity index (χ1) is 15.4. The van der Waals surface area contributed by atoms with Crippen molar-refractivity contribution in [3.05, 3.63) is 59.2 Å². The molecule has 0 radical (unpaired) electrons. The lowest BCUT2D eigenvalue weighted by Gasteiger charge is -2.18. The molecule has 2 aromatic carbocycles. The van der Waals surface area contributed by atoms with E-state index in [0.29, 0.717) is 35.7 Å². The average molecular weight is 441 g/mol. The summed E-state index contributed by atoms with van der Waals surface area (Å²) < 4.78 is 21.5. The summed E-state index contributed by atoms with van der Waals surface area (Å²) in [7, 11) is 2.65. The van der Waals surface area contributed by atoms with Gasteiger partial charge in [-0.25, -0.2) is 0 Å². The van der Waals surface area contributed by atoms with Gasteiger partial charge in [0.05, 0.1) is 27.1 Å². The minimum Gasteiger partial charge on any atom is -0.490 e. The fraction of sp³-hybridized carbons (Fsp3) is 0.348. The summed E-state index contributed by atoms with van der Waals surface area (Å²) >= 11 is 0. The van der Waals surface area contributed by atoms with Crippen LogP contribution in [0.4, 0.5) is 5.69 Å². The number of carbonyl (C=O) groups is 2. The molecule has 0 aliphatic carbocycles. The van der Waals surface area contributed by atoms with E-state index in [-0.39, 0.29) is 31.4 Å². The Kier molecular flexibility index (Phi) is 7.67. The molecule has 9 heteroatoms. The monoisotopic (exact) mass is 441 g/mol. The number of nitrogens with one attached hydrogen (secondary N) is 1. The summed E-state index contributed by atoms with van der Waals surface area (Å²) in [5.41, 5.74) is 8.39. The number of esters is 2. The number of hydrogen-bond donors (Lipinski definition) is 2. The van der Waals surface area contributed by atoms with Crippen LogP contribution in [0.1, 0.15) is 16.7 Å². The summed E-state index contributed by atoms with van der Waals surface area (Å²) in [6, 6.07) is 12.7. The van der Waals surface area contributed by atoms with E-state index in [4.69, 9.17) is 30.1 Å². The van der Waals surface area contributed by atoms with Gasteiger partial charge < -0.3 is 29.6 Å². The first kappa shape index (κ1) is 23.1. The van der Waals surface area contributed by atoms with Gasteiger partial charge in [0.15, 0.2) is 0 Å². The van der Waals surface area contributed by atoms with Crippen molar-refractivity contribution in [3.63, 3.8) is 0 Å². The number of nitrogens with two attached hydrogens (primary N) is 1. The molecule has 0 saturated carbocycles. The maximum Gasteiger partial charge on any atom is 0.310 e. The lowest BCUT2D eigenvalue weighted by molar-refractivity contribution is -0.140. The first-order valence-electron chi connectivity index (χ1n) is 10.1. The third-order valence-electron chi connectivity index (χ3n) is 5.15. The summed E-state index contributed by atoms with van der Waals surface area (Å²) in [5, 5.41) is 7.49. The van der Waals surface area contributed by atoms with Crippen LogP contribution in [-0.2, 0) is 36.6 Å². The number of anilines is 1. The number of nitrogens with zero attached hydrogens (tertiary/aromatic N) is 1. The maximum atomic E-state index is 11.8. The van der Waals surface area contributed by atoms with Crippen molar-refractivity contribution in [1.82, 2.24) is 0 Å². The highest BCUT2D eigenvalue weighted by Gasteiger charge is 2.25. The normalized spacial score (nSPS) is 15.3. The minimum absolute atomic E-state index is 0.0221. The van der Waals surface area contributed by atoms with Crippen LogP contribution in [0.5, 0.6) is 5.75 Å². The van der Waals surface area contributed by atoms with Crippen LogP contribution in [0.3, 0.4) is 0 Å². The van der Waals surface area contributed by atoms with Crippen LogP contribution >= 0.6 is 0 Å². The van der Waals surface area contributed by atoms with Gasteiger partial charge in [0.25, 0.3) is 0 Å². The Morgan fingerprint density at radius 1 is 1.06 bits per heavy atom. The third-order valence-corrected chi connectivity index (χ3v) is 5.15. The van der Waals surface area contributed by atoms with E-state index in [9.17, 15) is 9.59 Å². The van der Waals surface area contributed by atoms with Gasteiger partial charge in [-0.2, -0.15) is 0 Å². The molecule has 1 saturated heterocycles. The molecule has 3 N–H and O–H groups in total. The molecule has 1 aliphatic rings. The molecular formula is C23H27N3O6. The molecule has 0 bridgehead atoms. The van der Waals surface area contributed by atoms with Gasteiger partial charge in [-0.05, 0) is 24.3 Å². The van der Waals surface area contributed by atoms with Gasteiger partial charge in [-0.1, -0.05) is 18.2 Å². The molecule has 2 aromatic rings. The van der Waals surface area contributed by atoms with Crippen molar-refractivity contribution in [1.29, 1.82) is 5.41 Å². The Labute approximate surface area is 186 Å². The highest BCUT2D eigenvalue weighted by atomic mass is 16.6. The van der Waals surface area contributed by atoms with Gasteiger partial charge in [0, 0.05) is 28.9 Å². The topological polar surface area (TPSA) is 124 Å². The van der Waals surface area contributed by atoms with Gasteiger partial charge in [-0.15, -0.1) is 0 Å². The Morgan fingerprint density at radius 3 is 2.19 bits per heavy atom. The van der Waals surface area contributed by atoms with Crippen LogP contribution in [0.25, 0.3) is 0 Å². The molecule has 1 unspecified atom stereocenters. The van der Waals surface area contributed by atoms with Crippen LogP contribution in [0.2, 0.25) is 0 Å². The van der Waals surface area contributed by atoms with E-state index in [1.54, 1.807) is 30.3 Å². The zero-order chi connectivity index (χ0) is 23.1. The quantitative estimate of drug-likeness (QED) is 0.342. The highest BCUT2D eigenvalue weighted by Crippen LogP contribution is 2.27. The second-order valence-corrected chi connectivity index (χ2v) is 7.32. The molecular weight excluding hydrogens is 414 g/mol. The summed E-state index contributed by atoms with van der Waals surface area (Å²) in [6.07, 6.45) is -0.151. The van der Waals surface area contributed by atoms with Crippen LogP contribution in [0, 0.1) is 5.41 Å². The number of carbonyl (C=O) groups excluding carboxylic acids is 2. The Hall–Kier alpha value is -3.59. The lowest BCUT2D eigenvalue weighted by atomic mass is 10.0. The lowest BCUT2D eigenvalue weighted by Crippen LogP contribution is -2.26. The average Bonchev–Trinajstić information content (AvgIpc) is 3.27. The molecule has 170 valence electrons. The van der Waals surface area contributed by atoms with Crippen molar-refractivity contribution in [3.8, 4) is 5.75 Å². The number of rotatable bonds is 9. The standard InChI is InChI=1S/C23H27N3O6/c1-29-20(27)10-16-4-3-5-17(11-21(28)30-2)22(16)31-13-19-12-26(14-32-19)18-8-6-15(7-9-18)23(24)25/h3-9,19H,10-14H2,1-2H3,(H3,24,25). The Morgan fingerprint density at radius 2 is 1.66 bits per heavy atom. The van der Waals surface area contributed by atoms with E-state index in [2.05, 4.69) is 0 Å². The Bertz CT molecular complexity index is 940. The van der Waals surface area contributed by atoms with Crippen molar-refractivity contribution in [2.45, 2.75) is 18.9 Å². The highest BCUT2D eigenvalue weighted by molar-refractivity contribution is 5.95. The molecule has 1 aliphatic heterocycles. The predicted molar refractivity (Wildman–Crippen MR) is 118 cm³/mol. The summed E-state index contributed by atoms with van der Waals surface area (Å²) in [6.45, 7) is 1.24. The van der Waals surface area contributed by atoms with Gasteiger partial charge >= 0.3 is 11.9 Å². The number of methoxy groups -OCH3 is 2. The number of ether oxygens (including phenoxy) is 4. The molecule has 3 rings (SSSR count). The molecule has 1 atom stereocenters. The largest absolute Gasteiger partial charge is 0.490 e. The van der Waals surface area contributed by atoms with Crippen molar-refractivity contribution in [2.24, 2.45) is 5.73 Å². The van der Waals surface area contributed by atoms with Crippen LogP contribution < -0.4 is 15.4 Å². The van der Waals surface area contributed by atoms with Gasteiger partial charge in [0.1, 0.15) is 31.0 Å². The zero-order valence-corrected chi connectivity index (χ0v) is 18.1.